The van der Waals surface area contributed by atoms with E-state index in [4.69, 9.17) is 21.1 Å². The molecule has 0 spiro atoms. The van der Waals surface area contributed by atoms with Crippen LogP contribution in [0.25, 0.3) is 6.08 Å². The van der Waals surface area contributed by atoms with E-state index in [1.165, 1.54) is 12.1 Å². The third kappa shape index (κ3) is 4.72. The van der Waals surface area contributed by atoms with Crippen molar-refractivity contribution in [2.45, 2.75) is 12.5 Å². The Labute approximate surface area is 184 Å². The van der Waals surface area contributed by atoms with Crippen molar-refractivity contribution in [1.29, 1.82) is 0 Å². The second-order valence-corrected chi connectivity index (χ2v) is 7.48. The van der Waals surface area contributed by atoms with Gasteiger partial charge in [0.1, 0.15) is 17.7 Å². The first kappa shape index (κ1) is 20.9. The summed E-state index contributed by atoms with van der Waals surface area (Å²) in [4.78, 5) is 17.0. The molecule has 1 aliphatic heterocycles. The Morgan fingerprint density at radius 2 is 2.10 bits per heavy atom. The molecule has 1 aliphatic rings. The standard InChI is InChI=1S/C23H21ClFN3O3/c1-28-10-9-26-23(28)21(16-5-2-3-6-18(16)25)27-20(29)8-7-15-13-17(24)22-19(14-15)30-11-4-12-31-22/h2-3,5-10,13-14,21H,4,11-12H2,1H3,(H,27,29)/b8-7+. The summed E-state index contributed by atoms with van der Waals surface area (Å²) in [6.45, 7) is 1.07. The van der Waals surface area contributed by atoms with Crippen LogP contribution in [0, 0.1) is 5.82 Å². The maximum atomic E-state index is 14.5. The highest BCUT2D eigenvalue weighted by molar-refractivity contribution is 6.32. The molecular formula is C23H21ClFN3O3. The molecule has 1 amide bonds. The summed E-state index contributed by atoms with van der Waals surface area (Å²) in [7, 11) is 1.79. The number of hydrogen-bond acceptors (Lipinski definition) is 4. The average molecular weight is 442 g/mol. The van der Waals surface area contributed by atoms with Gasteiger partial charge in [-0.3, -0.25) is 4.79 Å². The fourth-order valence-corrected chi connectivity index (χ4v) is 3.63. The number of imidazole rings is 1. The van der Waals surface area contributed by atoms with E-state index in [1.54, 1.807) is 60.4 Å². The summed E-state index contributed by atoms with van der Waals surface area (Å²) in [6, 6.07) is 9.02. The summed E-state index contributed by atoms with van der Waals surface area (Å²) in [6.07, 6.45) is 7.10. The molecule has 3 aromatic rings. The number of rotatable bonds is 5. The van der Waals surface area contributed by atoms with E-state index in [2.05, 4.69) is 10.3 Å². The molecule has 2 aromatic carbocycles. The highest BCUT2D eigenvalue weighted by Gasteiger charge is 2.23. The number of amides is 1. The van der Waals surface area contributed by atoms with Crippen molar-refractivity contribution in [3.05, 3.63) is 82.7 Å². The van der Waals surface area contributed by atoms with Crippen LogP contribution in [0.15, 0.2) is 54.9 Å². The Kier molecular flexibility index (Phi) is 6.23. The number of ether oxygens (including phenoxy) is 2. The smallest absolute Gasteiger partial charge is 0.244 e. The number of halogens is 2. The minimum atomic E-state index is -0.745. The Hall–Kier alpha value is -3.32. The largest absolute Gasteiger partial charge is 0.489 e. The number of carbonyl (C=O) groups excluding carboxylic acids is 1. The average Bonchev–Trinajstić information content (AvgIpc) is 3.03. The SMILES string of the molecule is Cn1ccnc1C(NC(=O)/C=C/c1cc(Cl)c2c(c1)OCCCO2)c1ccccc1F. The highest BCUT2D eigenvalue weighted by atomic mass is 35.5. The van der Waals surface area contributed by atoms with E-state index in [0.29, 0.717) is 46.7 Å². The second-order valence-electron chi connectivity index (χ2n) is 7.07. The highest BCUT2D eigenvalue weighted by Crippen LogP contribution is 2.38. The van der Waals surface area contributed by atoms with Gasteiger partial charge in [-0.1, -0.05) is 29.8 Å². The first-order valence-electron chi connectivity index (χ1n) is 9.82. The number of carbonyl (C=O) groups is 1. The van der Waals surface area contributed by atoms with Crippen LogP contribution in [0.3, 0.4) is 0 Å². The van der Waals surface area contributed by atoms with Crippen LogP contribution in [0.4, 0.5) is 4.39 Å². The number of nitrogens with one attached hydrogen (secondary N) is 1. The zero-order valence-corrected chi connectivity index (χ0v) is 17.6. The van der Waals surface area contributed by atoms with Crippen molar-refractivity contribution in [1.82, 2.24) is 14.9 Å². The second kappa shape index (κ2) is 9.22. The summed E-state index contributed by atoms with van der Waals surface area (Å²) >= 11 is 6.31. The molecule has 8 heteroatoms. The minimum Gasteiger partial charge on any atom is -0.489 e. The molecule has 0 saturated heterocycles. The number of fused-ring (bicyclic) bond motifs is 1. The molecule has 1 aromatic heterocycles. The molecule has 160 valence electrons. The summed E-state index contributed by atoms with van der Waals surface area (Å²) < 4.78 is 27.5. The monoisotopic (exact) mass is 441 g/mol. The molecule has 4 rings (SSSR count). The lowest BCUT2D eigenvalue weighted by molar-refractivity contribution is -0.117. The Morgan fingerprint density at radius 3 is 2.87 bits per heavy atom. The third-order valence-electron chi connectivity index (χ3n) is 4.87. The fraction of sp³-hybridized carbons (Fsp3) is 0.217. The van der Waals surface area contributed by atoms with Gasteiger partial charge in [-0.05, 0) is 29.8 Å². The van der Waals surface area contributed by atoms with Gasteiger partial charge in [-0.2, -0.15) is 0 Å². The third-order valence-corrected chi connectivity index (χ3v) is 5.15. The van der Waals surface area contributed by atoms with Gasteiger partial charge < -0.3 is 19.4 Å². The predicted octanol–water partition coefficient (Wildman–Crippen LogP) is 4.29. The van der Waals surface area contributed by atoms with Crippen molar-refractivity contribution in [3.63, 3.8) is 0 Å². The Balaban J connectivity index is 1.57. The lowest BCUT2D eigenvalue weighted by atomic mass is 10.1. The molecule has 0 saturated carbocycles. The van der Waals surface area contributed by atoms with Crippen LogP contribution in [0.1, 0.15) is 29.4 Å². The molecule has 1 unspecified atom stereocenters. The predicted molar refractivity (Wildman–Crippen MR) is 116 cm³/mol. The zero-order chi connectivity index (χ0) is 21.8. The van der Waals surface area contributed by atoms with Crippen LogP contribution >= 0.6 is 11.6 Å². The number of aromatic nitrogens is 2. The van der Waals surface area contributed by atoms with E-state index in [1.807, 2.05) is 0 Å². The number of nitrogens with zero attached hydrogens (tertiary/aromatic N) is 2. The van der Waals surface area contributed by atoms with Gasteiger partial charge in [0, 0.05) is 37.5 Å². The Morgan fingerprint density at radius 1 is 1.29 bits per heavy atom. The first-order chi connectivity index (χ1) is 15.0. The number of benzene rings is 2. The molecule has 0 aliphatic carbocycles. The van der Waals surface area contributed by atoms with Crippen molar-refractivity contribution in [2.75, 3.05) is 13.2 Å². The quantitative estimate of drug-likeness (QED) is 0.600. The van der Waals surface area contributed by atoms with Gasteiger partial charge in [-0.15, -0.1) is 0 Å². The minimum absolute atomic E-state index is 0.331. The maximum Gasteiger partial charge on any atom is 0.244 e. The van der Waals surface area contributed by atoms with Crippen LogP contribution in [-0.4, -0.2) is 28.7 Å². The number of aryl methyl sites for hydroxylation is 1. The Bertz CT molecular complexity index is 1130. The van der Waals surface area contributed by atoms with Crippen LogP contribution in [-0.2, 0) is 11.8 Å². The van der Waals surface area contributed by atoms with Gasteiger partial charge in [0.05, 0.1) is 18.2 Å². The summed E-state index contributed by atoms with van der Waals surface area (Å²) in [5.74, 6) is 0.747. The molecule has 1 atom stereocenters. The number of hydrogen-bond donors (Lipinski definition) is 1. The molecule has 31 heavy (non-hydrogen) atoms. The molecule has 0 bridgehead atoms. The van der Waals surface area contributed by atoms with Crippen molar-refractivity contribution < 1.29 is 18.7 Å². The topological polar surface area (TPSA) is 65.4 Å². The van der Waals surface area contributed by atoms with Crippen molar-refractivity contribution >= 4 is 23.6 Å². The van der Waals surface area contributed by atoms with Gasteiger partial charge in [0.15, 0.2) is 11.5 Å². The van der Waals surface area contributed by atoms with Gasteiger partial charge in [-0.25, -0.2) is 9.37 Å². The molecule has 0 fully saturated rings. The van der Waals surface area contributed by atoms with E-state index in [-0.39, 0.29) is 0 Å². The maximum absolute atomic E-state index is 14.5. The molecular weight excluding hydrogens is 421 g/mol. The molecule has 2 heterocycles. The van der Waals surface area contributed by atoms with Gasteiger partial charge in [0.2, 0.25) is 5.91 Å². The van der Waals surface area contributed by atoms with Crippen LogP contribution < -0.4 is 14.8 Å². The molecule has 6 nitrogen and oxygen atoms in total. The normalized spacial score (nSPS) is 14.3. The lowest BCUT2D eigenvalue weighted by Crippen LogP contribution is -2.30. The summed E-state index contributed by atoms with van der Waals surface area (Å²) in [5, 5.41) is 3.25. The zero-order valence-electron chi connectivity index (χ0n) is 16.8. The van der Waals surface area contributed by atoms with E-state index in [9.17, 15) is 9.18 Å². The van der Waals surface area contributed by atoms with Gasteiger partial charge >= 0.3 is 0 Å². The summed E-state index contributed by atoms with van der Waals surface area (Å²) in [5.41, 5.74) is 1.01. The van der Waals surface area contributed by atoms with Crippen LogP contribution in [0.2, 0.25) is 5.02 Å². The molecule has 1 N–H and O–H groups in total. The first-order valence-corrected chi connectivity index (χ1v) is 10.2. The van der Waals surface area contributed by atoms with Crippen molar-refractivity contribution in [3.8, 4) is 11.5 Å². The van der Waals surface area contributed by atoms with Gasteiger partial charge in [0.25, 0.3) is 0 Å². The van der Waals surface area contributed by atoms with Crippen molar-refractivity contribution in [2.24, 2.45) is 7.05 Å². The van der Waals surface area contributed by atoms with E-state index < -0.39 is 17.8 Å². The molecule has 0 radical (unpaired) electrons. The van der Waals surface area contributed by atoms with E-state index >= 15 is 0 Å². The van der Waals surface area contributed by atoms with Crippen LogP contribution in [0.5, 0.6) is 11.5 Å². The fourth-order valence-electron chi connectivity index (χ4n) is 3.36. The van der Waals surface area contributed by atoms with E-state index in [0.717, 1.165) is 6.42 Å². The lowest BCUT2D eigenvalue weighted by Gasteiger charge is -2.19.